The third-order valence-electron chi connectivity index (χ3n) is 7.69. The lowest BCUT2D eigenvalue weighted by Crippen LogP contribution is -2.35. The Balaban J connectivity index is 1.29. The van der Waals surface area contributed by atoms with Gasteiger partial charge in [0, 0.05) is 73.3 Å². The van der Waals surface area contributed by atoms with E-state index in [1.807, 2.05) is 30.3 Å². The third-order valence-corrected chi connectivity index (χ3v) is 8.10. The van der Waals surface area contributed by atoms with Gasteiger partial charge in [0.25, 0.3) is 5.56 Å². The highest BCUT2D eigenvalue weighted by Gasteiger charge is 2.20. The summed E-state index contributed by atoms with van der Waals surface area (Å²) >= 11 is 6.95. The summed E-state index contributed by atoms with van der Waals surface area (Å²) in [5.41, 5.74) is 4.40. The van der Waals surface area contributed by atoms with Crippen molar-refractivity contribution in [2.24, 2.45) is 0 Å². The molecule has 0 radical (unpaired) electrons. The van der Waals surface area contributed by atoms with Gasteiger partial charge in [-0.05, 0) is 37.1 Å². The normalized spacial score (nSPS) is 15.1. The Bertz CT molecular complexity index is 1780. The second-order valence-corrected chi connectivity index (χ2v) is 11.4. The van der Waals surface area contributed by atoms with Crippen LogP contribution in [-0.4, -0.2) is 70.3 Å². The zero-order chi connectivity index (χ0) is 32.6. The van der Waals surface area contributed by atoms with E-state index in [1.54, 1.807) is 32.4 Å². The Kier molecular flexibility index (Phi) is 11.0. The number of esters is 1. The number of nitrogens with one attached hydrogen (secondary N) is 3. The average Bonchev–Trinajstić information content (AvgIpc) is 3.47. The largest absolute Gasteiger partial charge is 0.481 e. The fourth-order valence-corrected chi connectivity index (χ4v) is 5.69. The van der Waals surface area contributed by atoms with Crippen LogP contribution in [0.2, 0.25) is 5.02 Å². The fourth-order valence-electron chi connectivity index (χ4n) is 5.35. The van der Waals surface area contributed by atoms with Crippen molar-refractivity contribution in [3.05, 3.63) is 81.4 Å². The molecule has 1 fully saturated rings. The highest BCUT2D eigenvalue weighted by Crippen LogP contribution is 2.37. The van der Waals surface area contributed by atoms with Gasteiger partial charge < -0.3 is 30.5 Å². The molecule has 5 rings (SSSR count). The number of amides is 1. The van der Waals surface area contributed by atoms with Gasteiger partial charge in [-0.3, -0.25) is 18.8 Å². The van der Waals surface area contributed by atoms with E-state index in [0.29, 0.717) is 47.3 Å². The van der Waals surface area contributed by atoms with Crippen LogP contribution in [-0.2, 0) is 27.4 Å². The molecule has 3 aromatic heterocycles. The standard InChI is InChI=1S/C33H37ClN6O6/c1-3-46-30(43)14-24(41)19-36-16-22-17-37-28-13-20(11-12-40(28)33(22)44)25-5-4-6-26(31(25)34)27-9-7-21(32(39-27)45-2)15-35-18-23-8-10-29(42)38-23/h4-7,9,11-13,17,23-24,35-36,41H,3,8,10,14-16,18-19H2,1-2H3,(H,38,42)/t23-,24?/m0/s1. The first-order valence-corrected chi connectivity index (χ1v) is 15.5. The number of pyridine rings is 2. The van der Waals surface area contributed by atoms with Gasteiger partial charge in [0.15, 0.2) is 0 Å². The minimum atomic E-state index is -0.928. The molecular formula is C33H37ClN6O6. The summed E-state index contributed by atoms with van der Waals surface area (Å²) in [5.74, 6) is 0.0933. The molecule has 4 heterocycles. The second kappa shape index (κ2) is 15.3. The molecule has 4 N–H and O–H groups in total. The average molecular weight is 649 g/mol. The van der Waals surface area contributed by atoms with Gasteiger partial charge in [-0.25, -0.2) is 9.97 Å². The lowest BCUT2D eigenvalue weighted by Gasteiger charge is -2.15. The number of carbonyl (C=O) groups is 2. The van der Waals surface area contributed by atoms with E-state index in [0.717, 1.165) is 28.7 Å². The van der Waals surface area contributed by atoms with Gasteiger partial charge in [0.1, 0.15) is 5.65 Å². The Labute approximate surface area is 271 Å². The molecule has 4 aromatic rings. The summed E-state index contributed by atoms with van der Waals surface area (Å²) < 4.78 is 11.9. The second-order valence-electron chi connectivity index (χ2n) is 11.0. The lowest BCUT2D eigenvalue weighted by atomic mass is 10.0. The van der Waals surface area contributed by atoms with Gasteiger partial charge in [0.2, 0.25) is 11.8 Å². The highest BCUT2D eigenvalue weighted by atomic mass is 35.5. The molecule has 1 unspecified atom stereocenters. The van der Waals surface area contributed by atoms with Gasteiger partial charge >= 0.3 is 5.97 Å². The van der Waals surface area contributed by atoms with Crippen molar-refractivity contribution < 1.29 is 24.2 Å². The molecule has 0 saturated carbocycles. The molecule has 242 valence electrons. The Morgan fingerprint density at radius 1 is 1.15 bits per heavy atom. The number of fused-ring (bicyclic) bond motifs is 1. The van der Waals surface area contributed by atoms with Crippen LogP contribution in [0.15, 0.2) is 59.7 Å². The number of aliphatic hydroxyl groups excluding tert-OH is 1. The summed E-state index contributed by atoms with van der Waals surface area (Å²) in [6.45, 7) is 3.45. The Morgan fingerprint density at radius 3 is 2.72 bits per heavy atom. The smallest absolute Gasteiger partial charge is 0.308 e. The van der Waals surface area contributed by atoms with Crippen molar-refractivity contribution in [2.45, 2.75) is 51.4 Å². The number of hydrogen-bond donors (Lipinski definition) is 4. The summed E-state index contributed by atoms with van der Waals surface area (Å²) in [7, 11) is 1.58. The van der Waals surface area contributed by atoms with Crippen molar-refractivity contribution in [1.29, 1.82) is 0 Å². The summed E-state index contributed by atoms with van der Waals surface area (Å²) in [4.78, 5) is 45.3. The summed E-state index contributed by atoms with van der Waals surface area (Å²) in [6.07, 6.45) is 3.49. The molecule has 1 aromatic carbocycles. The predicted molar refractivity (Wildman–Crippen MR) is 174 cm³/mol. The number of carbonyl (C=O) groups excluding carboxylic acids is 2. The molecule has 1 amide bonds. The fraction of sp³-hybridized carbons (Fsp3) is 0.364. The minimum absolute atomic E-state index is 0.0874. The van der Waals surface area contributed by atoms with Crippen LogP contribution >= 0.6 is 11.6 Å². The molecule has 0 spiro atoms. The zero-order valence-electron chi connectivity index (χ0n) is 25.7. The number of aliphatic hydroxyl groups is 1. The van der Waals surface area contributed by atoms with Gasteiger partial charge in [-0.2, -0.15) is 0 Å². The van der Waals surface area contributed by atoms with Gasteiger partial charge in [-0.1, -0.05) is 35.9 Å². The topological polar surface area (TPSA) is 156 Å². The highest BCUT2D eigenvalue weighted by molar-refractivity contribution is 6.36. The molecule has 46 heavy (non-hydrogen) atoms. The Hall–Kier alpha value is -4.36. The molecule has 0 aliphatic carbocycles. The van der Waals surface area contributed by atoms with E-state index in [4.69, 9.17) is 26.1 Å². The molecule has 13 heteroatoms. The van der Waals surface area contributed by atoms with Crippen LogP contribution in [0.1, 0.15) is 37.3 Å². The first-order valence-electron chi connectivity index (χ1n) is 15.1. The number of benzene rings is 1. The molecule has 1 aliphatic rings. The molecule has 12 nitrogen and oxygen atoms in total. The number of ether oxygens (including phenoxy) is 2. The van der Waals surface area contributed by atoms with Gasteiger partial charge in [0.05, 0.1) is 37.0 Å². The first-order chi connectivity index (χ1) is 22.3. The van der Waals surface area contributed by atoms with E-state index in [9.17, 15) is 19.5 Å². The quantitative estimate of drug-likeness (QED) is 0.150. The minimum Gasteiger partial charge on any atom is -0.481 e. The zero-order valence-corrected chi connectivity index (χ0v) is 26.5. The van der Waals surface area contributed by atoms with Crippen molar-refractivity contribution in [1.82, 2.24) is 30.3 Å². The number of rotatable bonds is 14. The summed E-state index contributed by atoms with van der Waals surface area (Å²) in [6, 6.07) is 13.3. The first kappa shape index (κ1) is 33.0. The van der Waals surface area contributed by atoms with E-state index >= 15 is 0 Å². The Morgan fingerprint density at radius 2 is 1.96 bits per heavy atom. The van der Waals surface area contributed by atoms with E-state index < -0.39 is 12.1 Å². The van der Waals surface area contributed by atoms with Crippen LogP contribution < -0.4 is 26.2 Å². The molecule has 0 bridgehead atoms. The third kappa shape index (κ3) is 7.88. The van der Waals surface area contributed by atoms with E-state index in [2.05, 4.69) is 20.9 Å². The van der Waals surface area contributed by atoms with Gasteiger partial charge in [-0.15, -0.1) is 0 Å². The van der Waals surface area contributed by atoms with Crippen LogP contribution in [0.4, 0.5) is 0 Å². The SMILES string of the molecule is CCOC(=O)CC(O)CNCc1cnc2cc(-c3cccc(-c4ccc(CNC[C@@H]5CCC(=O)N5)c(OC)n4)c3Cl)ccn2c1=O. The number of aromatic nitrogens is 3. The molecule has 1 aliphatic heterocycles. The maximum atomic E-state index is 13.1. The van der Waals surface area contributed by atoms with Crippen LogP contribution in [0, 0.1) is 0 Å². The maximum Gasteiger partial charge on any atom is 0.308 e. The molecule has 1 saturated heterocycles. The lowest BCUT2D eigenvalue weighted by molar-refractivity contribution is -0.145. The van der Waals surface area contributed by atoms with Crippen LogP contribution in [0.3, 0.4) is 0 Å². The molecular weight excluding hydrogens is 612 g/mol. The van der Waals surface area contributed by atoms with Crippen molar-refractivity contribution in [3.8, 4) is 28.3 Å². The van der Waals surface area contributed by atoms with Crippen LogP contribution in [0.25, 0.3) is 28.0 Å². The molecule has 2 atom stereocenters. The van der Waals surface area contributed by atoms with Crippen molar-refractivity contribution in [2.75, 3.05) is 26.8 Å². The van der Waals surface area contributed by atoms with Crippen LogP contribution in [0.5, 0.6) is 5.88 Å². The number of nitrogens with zero attached hydrogens (tertiary/aromatic N) is 3. The number of methoxy groups -OCH3 is 1. The van der Waals surface area contributed by atoms with E-state index in [-0.39, 0.29) is 43.6 Å². The monoisotopic (exact) mass is 648 g/mol. The number of hydrogen-bond acceptors (Lipinski definition) is 10. The van der Waals surface area contributed by atoms with Crippen molar-refractivity contribution >= 4 is 29.1 Å². The van der Waals surface area contributed by atoms with Crippen molar-refractivity contribution in [3.63, 3.8) is 0 Å². The number of halogens is 1. The maximum absolute atomic E-state index is 13.1. The predicted octanol–water partition coefficient (Wildman–Crippen LogP) is 2.86. The van der Waals surface area contributed by atoms with E-state index in [1.165, 1.54) is 10.6 Å². The summed E-state index contributed by atoms with van der Waals surface area (Å²) in [5, 5.41) is 19.8.